The summed E-state index contributed by atoms with van der Waals surface area (Å²) in [6.45, 7) is 3.16. The highest BCUT2D eigenvalue weighted by Crippen LogP contribution is 2.23. The molecule has 0 bridgehead atoms. The second-order valence-electron chi connectivity index (χ2n) is 6.47. The largest absolute Gasteiger partial charge is 0.368 e. The molecule has 1 saturated heterocycles. The highest BCUT2D eigenvalue weighted by atomic mass is 35.5. The van der Waals surface area contributed by atoms with E-state index >= 15 is 0 Å². The molecule has 0 radical (unpaired) electrons. The Morgan fingerprint density at radius 2 is 1.89 bits per heavy atom. The Morgan fingerprint density at radius 3 is 2.64 bits per heavy atom. The minimum Gasteiger partial charge on any atom is -0.368 e. The minimum absolute atomic E-state index is 0.145. The fourth-order valence-electron chi connectivity index (χ4n) is 3.24. The van der Waals surface area contributed by atoms with E-state index in [4.69, 9.17) is 11.6 Å². The molecule has 1 N–H and O–H groups in total. The zero-order chi connectivity index (χ0) is 19.3. The van der Waals surface area contributed by atoms with E-state index in [1.165, 1.54) is 17.4 Å². The monoisotopic (exact) mass is 414 g/mol. The number of anilines is 1. The van der Waals surface area contributed by atoms with Crippen molar-refractivity contribution >= 4 is 35.0 Å². The molecule has 144 valence electrons. The minimum atomic E-state index is 0.145. The van der Waals surface area contributed by atoms with Gasteiger partial charge < -0.3 is 9.80 Å². The molecule has 0 atom stereocenters. The predicted molar refractivity (Wildman–Crippen MR) is 111 cm³/mol. The zero-order valence-corrected chi connectivity index (χ0v) is 16.9. The number of rotatable bonds is 5. The number of thioether (sulfide) groups is 1. The van der Waals surface area contributed by atoms with Gasteiger partial charge in [0.05, 0.1) is 5.75 Å². The first kappa shape index (κ1) is 18.8. The number of carbonyl (C=O) groups excluding carboxylic acids is 1. The number of halogens is 1. The summed E-state index contributed by atoms with van der Waals surface area (Å²) < 4.78 is 1.95. The molecule has 0 aliphatic carbocycles. The zero-order valence-electron chi connectivity index (χ0n) is 15.3. The first-order valence-corrected chi connectivity index (χ1v) is 10.5. The van der Waals surface area contributed by atoms with Gasteiger partial charge in [-0.05, 0) is 18.2 Å². The molecule has 0 saturated carbocycles. The average Bonchev–Trinajstić information content (AvgIpc) is 3.21. The van der Waals surface area contributed by atoms with E-state index in [1.54, 1.807) is 6.20 Å². The highest BCUT2D eigenvalue weighted by Gasteiger charge is 2.22. The van der Waals surface area contributed by atoms with Crippen molar-refractivity contribution < 1.29 is 9.78 Å². The maximum Gasteiger partial charge on any atom is 0.233 e. The van der Waals surface area contributed by atoms with Crippen LogP contribution in [0.5, 0.6) is 0 Å². The van der Waals surface area contributed by atoms with Crippen molar-refractivity contribution in [1.29, 1.82) is 0 Å². The van der Waals surface area contributed by atoms with Gasteiger partial charge in [-0.1, -0.05) is 29.4 Å². The van der Waals surface area contributed by atoms with Crippen LogP contribution in [0.3, 0.4) is 0 Å². The number of hydrogen-bond donors (Lipinski definition) is 0. The third kappa shape index (κ3) is 4.31. The number of aromatic amines is 1. The van der Waals surface area contributed by atoms with Crippen LogP contribution in [-0.2, 0) is 4.79 Å². The first-order valence-electron chi connectivity index (χ1n) is 9.11. The van der Waals surface area contributed by atoms with Crippen molar-refractivity contribution in [2.45, 2.75) is 5.16 Å². The van der Waals surface area contributed by atoms with Crippen LogP contribution in [0.2, 0.25) is 5.02 Å². The second kappa shape index (κ2) is 8.67. The van der Waals surface area contributed by atoms with Gasteiger partial charge in [-0.15, -0.1) is 0 Å². The van der Waals surface area contributed by atoms with Gasteiger partial charge in [0.15, 0.2) is 17.6 Å². The lowest BCUT2D eigenvalue weighted by Gasteiger charge is -2.35. The van der Waals surface area contributed by atoms with Gasteiger partial charge in [-0.2, -0.15) is 0 Å². The summed E-state index contributed by atoms with van der Waals surface area (Å²) in [5.41, 5.74) is 2.12. The Labute approximate surface area is 173 Å². The molecular formula is C20H21ClN5OS+. The number of H-pyrrole nitrogens is 1. The fourth-order valence-corrected chi connectivity index (χ4v) is 4.30. The number of aromatic nitrogens is 3. The molecule has 1 aromatic carbocycles. The molecule has 1 amide bonds. The molecule has 0 spiro atoms. The fraction of sp³-hybridized carbons (Fsp3) is 0.250. The van der Waals surface area contributed by atoms with Crippen molar-refractivity contribution in [2.75, 3.05) is 36.8 Å². The SMILES string of the molecule is O=C(CSc1nccn1-c1cccc(Cl)c1)N1CCN(c2cc[nH+]cc2)CC1. The number of imidazole rings is 1. The van der Waals surface area contributed by atoms with Gasteiger partial charge in [-0.25, -0.2) is 9.97 Å². The molecule has 0 unspecified atom stereocenters. The molecule has 3 heterocycles. The van der Waals surface area contributed by atoms with Crippen LogP contribution in [0.25, 0.3) is 5.69 Å². The Bertz CT molecular complexity index is 941. The van der Waals surface area contributed by atoms with Crippen LogP contribution >= 0.6 is 23.4 Å². The summed E-state index contributed by atoms with van der Waals surface area (Å²) >= 11 is 7.55. The molecule has 1 aliphatic rings. The number of pyridine rings is 1. The summed E-state index contributed by atoms with van der Waals surface area (Å²) in [6.07, 6.45) is 7.47. The van der Waals surface area contributed by atoms with Crippen molar-refractivity contribution in [2.24, 2.45) is 0 Å². The van der Waals surface area contributed by atoms with Crippen LogP contribution in [-0.4, -0.2) is 52.3 Å². The number of carbonyl (C=O) groups is 1. The van der Waals surface area contributed by atoms with E-state index in [0.29, 0.717) is 10.8 Å². The number of benzene rings is 1. The second-order valence-corrected chi connectivity index (χ2v) is 7.85. The van der Waals surface area contributed by atoms with E-state index in [0.717, 1.165) is 37.0 Å². The summed E-state index contributed by atoms with van der Waals surface area (Å²) in [5, 5.41) is 1.46. The maximum atomic E-state index is 12.7. The number of hydrogen-bond acceptors (Lipinski definition) is 4. The molecule has 6 nitrogen and oxygen atoms in total. The van der Waals surface area contributed by atoms with Crippen LogP contribution in [0.15, 0.2) is 66.3 Å². The van der Waals surface area contributed by atoms with Gasteiger partial charge in [0.1, 0.15) is 0 Å². The van der Waals surface area contributed by atoms with Crippen molar-refractivity contribution in [1.82, 2.24) is 14.5 Å². The molecule has 1 fully saturated rings. The van der Waals surface area contributed by atoms with E-state index in [1.807, 2.05) is 52.3 Å². The Balaban J connectivity index is 1.33. The van der Waals surface area contributed by atoms with Crippen molar-refractivity contribution in [3.63, 3.8) is 0 Å². The topological polar surface area (TPSA) is 55.5 Å². The van der Waals surface area contributed by atoms with Gasteiger partial charge in [0.25, 0.3) is 0 Å². The lowest BCUT2D eigenvalue weighted by atomic mass is 10.2. The third-order valence-electron chi connectivity index (χ3n) is 4.72. The van der Waals surface area contributed by atoms with E-state index in [-0.39, 0.29) is 5.91 Å². The van der Waals surface area contributed by atoms with Gasteiger partial charge >= 0.3 is 0 Å². The summed E-state index contributed by atoms with van der Waals surface area (Å²) in [4.78, 5) is 24.3. The standard InChI is InChI=1S/C20H20ClN5OS/c21-16-2-1-3-18(14-16)26-9-8-23-20(26)28-15-19(27)25-12-10-24(11-13-25)17-4-6-22-7-5-17/h1-9,14H,10-13,15H2/p+1. The van der Waals surface area contributed by atoms with Crippen molar-refractivity contribution in [3.05, 3.63) is 66.2 Å². The molecule has 8 heteroatoms. The normalized spacial score (nSPS) is 14.3. The summed E-state index contributed by atoms with van der Waals surface area (Å²) in [6, 6.07) is 11.7. The van der Waals surface area contributed by atoms with Gasteiger partial charge in [0, 0.05) is 67.1 Å². The summed E-state index contributed by atoms with van der Waals surface area (Å²) in [5.74, 6) is 0.518. The van der Waals surface area contributed by atoms with Gasteiger partial charge in [0.2, 0.25) is 5.91 Å². The molecule has 4 rings (SSSR count). The quantitative estimate of drug-likeness (QED) is 0.602. The van der Waals surface area contributed by atoms with Crippen LogP contribution in [0, 0.1) is 0 Å². The Morgan fingerprint density at radius 1 is 1.11 bits per heavy atom. The molecular weight excluding hydrogens is 394 g/mol. The lowest BCUT2D eigenvalue weighted by molar-refractivity contribution is -0.377. The molecule has 3 aromatic rings. The number of piperazine rings is 1. The number of nitrogens with zero attached hydrogens (tertiary/aromatic N) is 4. The third-order valence-corrected chi connectivity index (χ3v) is 5.90. The molecule has 1 aliphatic heterocycles. The van der Waals surface area contributed by atoms with E-state index in [9.17, 15) is 4.79 Å². The van der Waals surface area contributed by atoms with Crippen LogP contribution in [0.4, 0.5) is 5.69 Å². The Hall–Kier alpha value is -2.51. The smallest absolute Gasteiger partial charge is 0.233 e. The number of nitrogens with one attached hydrogen (secondary N) is 1. The van der Waals surface area contributed by atoms with Gasteiger partial charge in [-0.3, -0.25) is 9.36 Å². The molecule has 28 heavy (non-hydrogen) atoms. The average molecular weight is 415 g/mol. The first-order chi connectivity index (χ1) is 13.7. The predicted octanol–water partition coefficient (Wildman–Crippen LogP) is 2.78. The van der Waals surface area contributed by atoms with Crippen molar-refractivity contribution in [3.8, 4) is 5.69 Å². The van der Waals surface area contributed by atoms with Crippen LogP contribution < -0.4 is 9.88 Å². The molecule has 2 aromatic heterocycles. The van der Waals surface area contributed by atoms with E-state index in [2.05, 4.69) is 27.0 Å². The van der Waals surface area contributed by atoms with Crippen LogP contribution in [0.1, 0.15) is 0 Å². The number of amides is 1. The highest BCUT2D eigenvalue weighted by molar-refractivity contribution is 7.99. The van der Waals surface area contributed by atoms with E-state index < -0.39 is 0 Å². The Kier molecular flexibility index (Phi) is 5.83. The maximum absolute atomic E-state index is 12.7. The summed E-state index contributed by atoms with van der Waals surface area (Å²) in [7, 11) is 0. The lowest BCUT2D eigenvalue weighted by Crippen LogP contribution is -2.49.